The number of rotatable bonds is 6. The van der Waals surface area contributed by atoms with Crippen molar-refractivity contribution in [1.82, 2.24) is 9.13 Å². The summed E-state index contributed by atoms with van der Waals surface area (Å²) < 4.78 is 9.43. The maximum absolute atomic E-state index is 13.9. The molecule has 1 atom stereocenters. The SMILES string of the molecule is CCOC(=O)C1=C(C)N=c2s/c(=C/c3cc(C)n(-c4ccc(C(=O)O)cc4)c3C)c(=O)n2[C@H]1c1ccccc1. The molecule has 0 radical (unpaired) electrons. The van der Waals surface area contributed by atoms with Gasteiger partial charge >= 0.3 is 11.9 Å². The predicted molar refractivity (Wildman–Crippen MR) is 149 cm³/mol. The van der Waals surface area contributed by atoms with E-state index in [9.17, 15) is 19.5 Å². The van der Waals surface area contributed by atoms with Gasteiger partial charge in [-0.3, -0.25) is 9.36 Å². The second-order valence-corrected chi connectivity index (χ2v) is 10.2. The molecule has 0 spiro atoms. The molecular formula is C30H27N3O5S. The van der Waals surface area contributed by atoms with Gasteiger partial charge in [-0.25, -0.2) is 14.6 Å². The zero-order chi connectivity index (χ0) is 27.8. The maximum atomic E-state index is 13.9. The fourth-order valence-electron chi connectivity index (χ4n) is 4.97. The minimum absolute atomic E-state index is 0.216. The van der Waals surface area contributed by atoms with E-state index in [1.165, 1.54) is 11.3 Å². The number of hydrogen-bond donors (Lipinski definition) is 1. The number of benzene rings is 2. The predicted octanol–water partition coefficient (Wildman–Crippen LogP) is 3.90. The number of allylic oxidation sites excluding steroid dienone is 1. The highest BCUT2D eigenvalue weighted by molar-refractivity contribution is 7.07. The fourth-order valence-corrected chi connectivity index (χ4v) is 6.01. The first-order chi connectivity index (χ1) is 18.7. The number of carbonyl (C=O) groups excluding carboxylic acids is 1. The number of aromatic nitrogens is 2. The van der Waals surface area contributed by atoms with Gasteiger partial charge in [0.25, 0.3) is 5.56 Å². The summed E-state index contributed by atoms with van der Waals surface area (Å²) in [6, 6.07) is 17.4. The Labute approximate surface area is 228 Å². The molecular weight excluding hydrogens is 514 g/mol. The van der Waals surface area contributed by atoms with Gasteiger partial charge in [-0.2, -0.15) is 0 Å². The van der Waals surface area contributed by atoms with Gasteiger partial charge in [-0.15, -0.1) is 0 Å². The van der Waals surface area contributed by atoms with Crippen LogP contribution in [0.25, 0.3) is 11.8 Å². The highest BCUT2D eigenvalue weighted by atomic mass is 32.1. The van der Waals surface area contributed by atoms with Crippen LogP contribution in [0.1, 0.15) is 52.8 Å². The monoisotopic (exact) mass is 541 g/mol. The third kappa shape index (κ3) is 4.66. The van der Waals surface area contributed by atoms with Gasteiger partial charge in [0.2, 0.25) is 0 Å². The number of fused-ring (bicyclic) bond motifs is 1. The van der Waals surface area contributed by atoms with Gasteiger partial charge < -0.3 is 14.4 Å². The van der Waals surface area contributed by atoms with Crippen molar-refractivity contribution < 1.29 is 19.4 Å². The van der Waals surface area contributed by atoms with Crippen molar-refractivity contribution in [1.29, 1.82) is 0 Å². The molecule has 9 heteroatoms. The van der Waals surface area contributed by atoms with Crippen molar-refractivity contribution in [3.05, 3.63) is 120 Å². The van der Waals surface area contributed by atoms with Gasteiger partial charge in [0.05, 0.1) is 34.0 Å². The average Bonchev–Trinajstić information content (AvgIpc) is 3.37. The lowest BCUT2D eigenvalue weighted by atomic mass is 9.96. The summed E-state index contributed by atoms with van der Waals surface area (Å²) in [5.41, 5.74) is 5.19. The molecule has 0 aliphatic carbocycles. The van der Waals surface area contributed by atoms with Crippen LogP contribution in [0.15, 0.2) is 81.7 Å². The first kappa shape index (κ1) is 26.1. The number of ether oxygens (including phenoxy) is 1. The van der Waals surface area contributed by atoms with E-state index >= 15 is 0 Å². The Morgan fingerprint density at radius 2 is 1.77 bits per heavy atom. The quantitative estimate of drug-likeness (QED) is 0.373. The lowest BCUT2D eigenvalue weighted by Crippen LogP contribution is -2.39. The van der Waals surface area contributed by atoms with Crippen LogP contribution in [0.2, 0.25) is 0 Å². The number of carboxylic acid groups (broad SMARTS) is 1. The minimum atomic E-state index is -0.978. The van der Waals surface area contributed by atoms with E-state index in [1.54, 1.807) is 42.7 Å². The van der Waals surface area contributed by atoms with E-state index in [0.29, 0.717) is 20.6 Å². The number of carbonyl (C=O) groups is 2. The van der Waals surface area contributed by atoms with Crippen molar-refractivity contribution in [2.24, 2.45) is 4.99 Å². The number of aryl methyl sites for hydroxylation is 1. The zero-order valence-electron chi connectivity index (χ0n) is 22.0. The molecule has 0 saturated carbocycles. The summed E-state index contributed by atoms with van der Waals surface area (Å²) in [7, 11) is 0. The van der Waals surface area contributed by atoms with E-state index in [2.05, 4.69) is 4.99 Å². The Morgan fingerprint density at radius 3 is 2.41 bits per heavy atom. The van der Waals surface area contributed by atoms with Gasteiger partial charge in [0.1, 0.15) is 0 Å². The van der Waals surface area contributed by atoms with Crippen LogP contribution in [0, 0.1) is 13.8 Å². The van der Waals surface area contributed by atoms with Crippen molar-refractivity contribution >= 4 is 29.4 Å². The summed E-state index contributed by atoms with van der Waals surface area (Å²) >= 11 is 1.28. The lowest BCUT2D eigenvalue weighted by molar-refractivity contribution is -0.139. The van der Waals surface area contributed by atoms with Crippen LogP contribution >= 0.6 is 11.3 Å². The summed E-state index contributed by atoms with van der Waals surface area (Å²) in [6.45, 7) is 7.65. The van der Waals surface area contributed by atoms with Crippen molar-refractivity contribution in [3.8, 4) is 5.69 Å². The molecule has 3 heterocycles. The van der Waals surface area contributed by atoms with Crippen LogP contribution in [0.5, 0.6) is 0 Å². The number of aromatic carboxylic acids is 1. The molecule has 0 unspecified atom stereocenters. The Kier molecular flexibility index (Phi) is 6.93. The summed E-state index contributed by atoms with van der Waals surface area (Å²) in [5.74, 6) is -1.46. The molecule has 0 bridgehead atoms. The van der Waals surface area contributed by atoms with Crippen LogP contribution in [-0.4, -0.2) is 32.8 Å². The number of carboxylic acids is 1. The van der Waals surface area contributed by atoms with E-state index < -0.39 is 18.0 Å². The van der Waals surface area contributed by atoms with E-state index in [-0.39, 0.29) is 17.7 Å². The molecule has 0 fully saturated rings. The molecule has 8 nitrogen and oxygen atoms in total. The number of thiazole rings is 1. The normalized spacial score (nSPS) is 15.2. The highest BCUT2D eigenvalue weighted by Crippen LogP contribution is 2.30. The Balaban J connectivity index is 1.65. The van der Waals surface area contributed by atoms with Gasteiger partial charge in [-0.05, 0) is 75.2 Å². The first-order valence-electron chi connectivity index (χ1n) is 12.5. The summed E-state index contributed by atoms with van der Waals surface area (Å²) in [6.07, 6.45) is 1.85. The number of esters is 1. The molecule has 0 amide bonds. The first-order valence-corrected chi connectivity index (χ1v) is 13.3. The molecule has 1 aliphatic rings. The third-order valence-electron chi connectivity index (χ3n) is 6.76. The van der Waals surface area contributed by atoms with Crippen LogP contribution in [-0.2, 0) is 9.53 Å². The second-order valence-electron chi connectivity index (χ2n) is 9.23. The molecule has 2 aromatic heterocycles. The zero-order valence-corrected chi connectivity index (χ0v) is 22.8. The Morgan fingerprint density at radius 1 is 1.08 bits per heavy atom. The second kappa shape index (κ2) is 10.3. The Bertz CT molecular complexity index is 1810. The van der Waals surface area contributed by atoms with Crippen LogP contribution < -0.4 is 14.9 Å². The van der Waals surface area contributed by atoms with E-state index in [0.717, 1.165) is 28.2 Å². The number of nitrogens with zero attached hydrogens (tertiary/aromatic N) is 3. The van der Waals surface area contributed by atoms with Gasteiger partial charge in [0, 0.05) is 17.1 Å². The number of hydrogen-bond acceptors (Lipinski definition) is 6. The van der Waals surface area contributed by atoms with E-state index in [4.69, 9.17) is 4.74 Å². The maximum Gasteiger partial charge on any atom is 0.338 e. The highest BCUT2D eigenvalue weighted by Gasteiger charge is 2.33. The fraction of sp³-hybridized carbons (Fsp3) is 0.200. The lowest BCUT2D eigenvalue weighted by Gasteiger charge is -2.24. The van der Waals surface area contributed by atoms with Crippen molar-refractivity contribution in [3.63, 3.8) is 0 Å². The van der Waals surface area contributed by atoms with Crippen molar-refractivity contribution in [2.75, 3.05) is 6.61 Å². The molecule has 4 aromatic rings. The van der Waals surface area contributed by atoms with Gasteiger partial charge in [0.15, 0.2) is 4.80 Å². The van der Waals surface area contributed by atoms with Crippen molar-refractivity contribution in [2.45, 2.75) is 33.7 Å². The topological polar surface area (TPSA) is 103 Å². The largest absolute Gasteiger partial charge is 0.478 e. The van der Waals surface area contributed by atoms with Crippen LogP contribution in [0.4, 0.5) is 0 Å². The molecule has 198 valence electrons. The average molecular weight is 542 g/mol. The smallest absolute Gasteiger partial charge is 0.338 e. The minimum Gasteiger partial charge on any atom is -0.478 e. The summed E-state index contributed by atoms with van der Waals surface area (Å²) in [4.78, 5) is 43.2. The van der Waals surface area contributed by atoms with Gasteiger partial charge in [-0.1, -0.05) is 41.7 Å². The molecule has 1 aliphatic heterocycles. The summed E-state index contributed by atoms with van der Waals surface area (Å²) in [5, 5.41) is 9.22. The van der Waals surface area contributed by atoms with E-state index in [1.807, 2.05) is 60.9 Å². The molecule has 5 rings (SSSR count). The molecule has 39 heavy (non-hydrogen) atoms. The molecule has 0 saturated heterocycles. The standard InChI is InChI=1S/C30H27N3O5S/c1-5-38-29(37)25-18(3)31-30-33(26(25)20-9-7-6-8-10-20)27(34)24(39-30)16-22-15-17(2)32(19(22)4)23-13-11-21(12-14-23)28(35)36/h6-16,26H,5H2,1-4H3,(H,35,36)/b24-16+/t26-/m0/s1. The third-order valence-corrected chi connectivity index (χ3v) is 7.74. The Hall–Kier alpha value is -4.50. The van der Waals surface area contributed by atoms with Crippen LogP contribution in [0.3, 0.4) is 0 Å². The molecule has 1 N–H and O–H groups in total. The molecule has 2 aromatic carbocycles.